The number of benzene rings is 7. The van der Waals surface area contributed by atoms with Gasteiger partial charge in [0, 0.05) is 27.2 Å². The van der Waals surface area contributed by atoms with Gasteiger partial charge in [-0.1, -0.05) is 140 Å². The number of nitrogens with one attached hydrogen (secondary N) is 2. The van der Waals surface area contributed by atoms with Gasteiger partial charge in [-0.05, 0) is 46.2 Å². The molecule has 0 radical (unpaired) electrons. The Labute approximate surface area is 277 Å². The smallest absolute Gasteiger partial charge is 0.206 e. The number of aromatic nitrogens is 2. The third-order valence-corrected chi connectivity index (χ3v) is 9.77. The van der Waals surface area contributed by atoms with Crippen molar-refractivity contribution in [2.24, 2.45) is 4.99 Å². The van der Waals surface area contributed by atoms with E-state index in [-0.39, 0.29) is 12.3 Å². The van der Waals surface area contributed by atoms with E-state index in [1.165, 1.54) is 37.8 Å². The molecule has 1 aliphatic heterocycles. The largest absolute Gasteiger partial charge is 0.336 e. The number of para-hydroxylation sites is 2. The minimum atomic E-state index is -0.244. The van der Waals surface area contributed by atoms with Crippen molar-refractivity contribution < 1.29 is 0 Å². The Bertz CT molecular complexity index is 2670. The Kier molecular flexibility index (Phi) is 6.01. The summed E-state index contributed by atoms with van der Waals surface area (Å²) in [6, 6.07) is 58.4. The lowest BCUT2D eigenvalue weighted by atomic mass is 10.0. The van der Waals surface area contributed by atoms with Crippen LogP contribution in [0.3, 0.4) is 0 Å². The lowest BCUT2D eigenvalue weighted by Gasteiger charge is -2.32. The highest BCUT2D eigenvalue weighted by molar-refractivity contribution is 6.29. The molecule has 0 saturated carbocycles. The molecule has 2 N–H and O–H groups in total. The molecule has 0 fully saturated rings. The molecule has 48 heavy (non-hydrogen) atoms. The van der Waals surface area contributed by atoms with E-state index in [0.29, 0.717) is 0 Å². The first-order valence-electron chi connectivity index (χ1n) is 16.5. The Morgan fingerprint density at radius 3 is 1.88 bits per heavy atom. The number of rotatable bonds is 3. The summed E-state index contributed by atoms with van der Waals surface area (Å²) in [7, 11) is 0. The zero-order valence-corrected chi connectivity index (χ0v) is 26.1. The van der Waals surface area contributed by atoms with E-state index in [0.717, 1.165) is 39.3 Å². The van der Waals surface area contributed by atoms with Crippen LogP contribution in [0.15, 0.2) is 169 Å². The molecule has 2 unspecified atom stereocenters. The first-order valence-corrected chi connectivity index (χ1v) is 16.5. The first kappa shape index (κ1) is 27.0. The standard InChI is InChI=1S/C43H31N5/c1-4-15-29(16-5-1)41-44-42(30-17-6-2-7-18-30)46-43(45-41)48-36-23-13-12-22-33(36)34-25-26-35-38-32-21-11-10-14-28(32)24-27-37(38)47(40(35)39(34)48)31-19-8-3-9-20-31/h1-27,41-42,44H,(H,45,46). The van der Waals surface area contributed by atoms with Gasteiger partial charge in [-0.15, -0.1) is 0 Å². The normalized spacial score (nSPS) is 16.5. The number of hydrogen-bond acceptors (Lipinski definition) is 3. The highest BCUT2D eigenvalue weighted by atomic mass is 15.4. The molecule has 7 aromatic carbocycles. The van der Waals surface area contributed by atoms with E-state index in [1.54, 1.807) is 0 Å². The minimum Gasteiger partial charge on any atom is -0.336 e. The summed E-state index contributed by atoms with van der Waals surface area (Å²) in [6.45, 7) is 0. The molecule has 2 atom stereocenters. The molecule has 0 amide bonds. The molecular formula is C43H31N5. The maximum absolute atomic E-state index is 5.43. The second-order valence-electron chi connectivity index (χ2n) is 12.5. The van der Waals surface area contributed by atoms with Crippen LogP contribution in [0.5, 0.6) is 0 Å². The summed E-state index contributed by atoms with van der Waals surface area (Å²) in [5.41, 5.74) is 7.99. The van der Waals surface area contributed by atoms with Gasteiger partial charge in [-0.25, -0.2) is 4.99 Å². The molecule has 0 bridgehead atoms. The Morgan fingerprint density at radius 1 is 0.458 bits per heavy atom. The highest BCUT2D eigenvalue weighted by Gasteiger charge is 2.29. The monoisotopic (exact) mass is 617 g/mol. The molecular weight excluding hydrogens is 587 g/mol. The Morgan fingerprint density at radius 2 is 1.08 bits per heavy atom. The van der Waals surface area contributed by atoms with Gasteiger partial charge in [0.2, 0.25) is 5.96 Å². The second-order valence-corrected chi connectivity index (χ2v) is 12.5. The van der Waals surface area contributed by atoms with E-state index in [4.69, 9.17) is 4.99 Å². The van der Waals surface area contributed by atoms with E-state index in [2.05, 4.69) is 184 Å². The number of aliphatic imine (C=N–C) groups is 1. The van der Waals surface area contributed by atoms with Crippen LogP contribution < -0.4 is 10.6 Å². The van der Waals surface area contributed by atoms with Gasteiger partial charge in [0.05, 0.1) is 22.1 Å². The summed E-state index contributed by atoms with van der Waals surface area (Å²) in [6.07, 6.45) is -0.393. The van der Waals surface area contributed by atoms with Crippen LogP contribution in [0, 0.1) is 0 Å². The van der Waals surface area contributed by atoms with Crippen molar-refractivity contribution in [2.75, 3.05) is 0 Å². The predicted octanol–water partition coefficient (Wildman–Crippen LogP) is 9.84. The van der Waals surface area contributed by atoms with Crippen LogP contribution in [0.1, 0.15) is 23.5 Å². The lowest BCUT2D eigenvalue weighted by molar-refractivity contribution is 0.403. The average molecular weight is 618 g/mol. The van der Waals surface area contributed by atoms with Crippen LogP contribution in [0.4, 0.5) is 0 Å². The van der Waals surface area contributed by atoms with E-state index in [9.17, 15) is 0 Å². The Balaban J connectivity index is 1.36. The molecule has 10 rings (SSSR count). The van der Waals surface area contributed by atoms with Crippen molar-refractivity contribution in [3.05, 3.63) is 175 Å². The maximum atomic E-state index is 5.43. The van der Waals surface area contributed by atoms with Crippen molar-refractivity contribution in [1.82, 2.24) is 19.8 Å². The molecule has 0 spiro atoms. The third-order valence-electron chi connectivity index (χ3n) is 9.77. The Hall–Kier alpha value is -6.17. The molecule has 0 saturated heterocycles. The summed E-state index contributed by atoms with van der Waals surface area (Å²) in [5.74, 6) is 0.810. The van der Waals surface area contributed by atoms with E-state index >= 15 is 0 Å². The first-order chi connectivity index (χ1) is 23.8. The van der Waals surface area contributed by atoms with Gasteiger partial charge in [-0.2, -0.15) is 0 Å². The van der Waals surface area contributed by atoms with Crippen LogP contribution in [-0.4, -0.2) is 15.1 Å². The lowest BCUT2D eigenvalue weighted by Crippen LogP contribution is -2.47. The molecule has 228 valence electrons. The zero-order chi connectivity index (χ0) is 31.6. The number of nitrogens with zero attached hydrogens (tertiary/aromatic N) is 3. The molecule has 5 nitrogen and oxygen atoms in total. The minimum absolute atomic E-state index is 0.150. The summed E-state index contributed by atoms with van der Waals surface area (Å²) in [5, 5.41) is 15.0. The fourth-order valence-corrected chi connectivity index (χ4v) is 7.66. The van der Waals surface area contributed by atoms with Gasteiger partial charge < -0.3 is 9.88 Å². The summed E-state index contributed by atoms with van der Waals surface area (Å²) >= 11 is 0. The fourth-order valence-electron chi connectivity index (χ4n) is 7.66. The quantitative estimate of drug-likeness (QED) is 0.207. The van der Waals surface area contributed by atoms with Crippen molar-refractivity contribution in [3.8, 4) is 5.69 Å². The number of hydrogen-bond donors (Lipinski definition) is 2. The topological polar surface area (TPSA) is 46.3 Å². The van der Waals surface area contributed by atoms with E-state index < -0.39 is 0 Å². The van der Waals surface area contributed by atoms with Crippen LogP contribution in [0.2, 0.25) is 0 Å². The van der Waals surface area contributed by atoms with Crippen molar-refractivity contribution in [3.63, 3.8) is 0 Å². The van der Waals surface area contributed by atoms with Gasteiger partial charge >= 0.3 is 0 Å². The second kappa shape index (κ2) is 10.7. The van der Waals surface area contributed by atoms with Crippen LogP contribution in [-0.2, 0) is 0 Å². The van der Waals surface area contributed by atoms with Gasteiger partial charge in [0.25, 0.3) is 0 Å². The fraction of sp³-hybridized carbons (Fsp3) is 0.0465. The highest BCUT2D eigenvalue weighted by Crippen LogP contribution is 2.43. The summed E-state index contributed by atoms with van der Waals surface area (Å²) in [4.78, 5) is 5.43. The van der Waals surface area contributed by atoms with Crippen molar-refractivity contribution in [2.45, 2.75) is 12.3 Å². The summed E-state index contributed by atoms with van der Waals surface area (Å²) < 4.78 is 4.81. The SMILES string of the molecule is c1ccc(C2N=C(n3c4ccccc4c4ccc5c6c7ccccc7ccc6n(-c6ccccc6)c5c43)NC(c3ccccc3)N2)cc1. The van der Waals surface area contributed by atoms with Gasteiger partial charge in [-0.3, -0.25) is 9.88 Å². The van der Waals surface area contributed by atoms with Gasteiger partial charge in [0.1, 0.15) is 12.3 Å². The maximum Gasteiger partial charge on any atom is 0.206 e. The third kappa shape index (κ3) is 4.05. The zero-order valence-electron chi connectivity index (χ0n) is 26.1. The molecule has 3 heterocycles. The van der Waals surface area contributed by atoms with Crippen molar-refractivity contribution in [1.29, 1.82) is 0 Å². The van der Waals surface area contributed by atoms with Crippen LogP contribution >= 0.6 is 0 Å². The molecule has 9 aromatic rings. The predicted molar refractivity (Wildman–Crippen MR) is 199 cm³/mol. The van der Waals surface area contributed by atoms with Crippen LogP contribution in [0.25, 0.3) is 60.1 Å². The molecule has 2 aromatic heterocycles. The van der Waals surface area contributed by atoms with Gasteiger partial charge in [0.15, 0.2) is 0 Å². The number of fused-ring (bicyclic) bond motifs is 9. The molecule has 1 aliphatic rings. The molecule has 0 aliphatic carbocycles. The van der Waals surface area contributed by atoms with E-state index in [1.807, 2.05) is 0 Å². The average Bonchev–Trinajstić information content (AvgIpc) is 3.69. The van der Waals surface area contributed by atoms with Crippen molar-refractivity contribution >= 4 is 60.3 Å². The molecule has 5 heteroatoms.